The lowest BCUT2D eigenvalue weighted by atomic mass is 10.0. The minimum absolute atomic E-state index is 0.0236. The van der Waals surface area contributed by atoms with Crippen LogP contribution in [0.25, 0.3) is 16.9 Å². The average molecular weight is 405 g/mol. The molecule has 4 nitrogen and oxygen atoms in total. The maximum Gasteiger partial charge on any atom is 0.417 e. The number of nitrogens with zero attached hydrogens (tertiary/aromatic N) is 2. The summed E-state index contributed by atoms with van der Waals surface area (Å²) in [5, 5.41) is 2.86. The summed E-state index contributed by atoms with van der Waals surface area (Å²) in [4.78, 5) is 17.0. The molecular formula is C21H19F4N3O. The van der Waals surface area contributed by atoms with Gasteiger partial charge in [0, 0.05) is 17.2 Å². The van der Waals surface area contributed by atoms with Crippen molar-refractivity contribution >= 4 is 11.6 Å². The van der Waals surface area contributed by atoms with Crippen molar-refractivity contribution in [3.8, 4) is 11.3 Å². The van der Waals surface area contributed by atoms with Crippen LogP contribution in [0.1, 0.15) is 37.4 Å². The van der Waals surface area contributed by atoms with Gasteiger partial charge in [-0.1, -0.05) is 6.92 Å². The van der Waals surface area contributed by atoms with Gasteiger partial charge < -0.3 is 9.72 Å². The SMILES string of the molecule is CCC1(C(=O)NCc2c(-c3ccc(F)cc3)nc3ccc(C(F)(F)F)cn23)CC1. The van der Waals surface area contributed by atoms with Crippen LogP contribution in [0.3, 0.4) is 0 Å². The minimum atomic E-state index is -4.50. The number of benzene rings is 1. The lowest BCUT2D eigenvalue weighted by molar-refractivity contribution is -0.138. The van der Waals surface area contributed by atoms with E-state index in [-0.39, 0.29) is 17.9 Å². The first kappa shape index (κ1) is 19.4. The molecule has 2 aromatic heterocycles. The Morgan fingerprint density at radius 2 is 1.86 bits per heavy atom. The molecule has 0 aliphatic heterocycles. The third-order valence-electron chi connectivity index (χ3n) is 5.59. The molecule has 1 aromatic carbocycles. The number of halogens is 4. The van der Waals surface area contributed by atoms with Crippen molar-refractivity contribution in [3.63, 3.8) is 0 Å². The monoisotopic (exact) mass is 405 g/mol. The van der Waals surface area contributed by atoms with Gasteiger partial charge in [0.15, 0.2) is 0 Å². The highest BCUT2D eigenvalue weighted by Gasteiger charge is 2.47. The van der Waals surface area contributed by atoms with E-state index < -0.39 is 17.6 Å². The van der Waals surface area contributed by atoms with Crippen LogP contribution in [0.2, 0.25) is 0 Å². The molecule has 0 spiro atoms. The van der Waals surface area contributed by atoms with Gasteiger partial charge in [0.25, 0.3) is 0 Å². The second-order valence-corrected chi connectivity index (χ2v) is 7.37. The first-order chi connectivity index (χ1) is 13.7. The largest absolute Gasteiger partial charge is 0.417 e. The number of imidazole rings is 1. The molecule has 1 aliphatic carbocycles. The van der Waals surface area contributed by atoms with Crippen molar-refractivity contribution in [3.05, 3.63) is 59.7 Å². The molecule has 4 rings (SSSR count). The Hall–Kier alpha value is -2.90. The quantitative estimate of drug-likeness (QED) is 0.610. The van der Waals surface area contributed by atoms with Crippen LogP contribution >= 0.6 is 0 Å². The molecule has 3 aromatic rings. The van der Waals surface area contributed by atoms with E-state index in [4.69, 9.17) is 0 Å². The van der Waals surface area contributed by atoms with Gasteiger partial charge >= 0.3 is 6.18 Å². The maximum absolute atomic E-state index is 13.3. The van der Waals surface area contributed by atoms with E-state index in [9.17, 15) is 22.4 Å². The molecule has 1 amide bonds. The van der Waals surface area contributed by atoms with Gasteiger partial charge in [0.05, 0.1) is 23.5 Å². The van der Waals surface area contributed by atoms with Crippen LogP contribution < -0.4 is 5.32 Å². The molecule has 0 radical (unpaired) electrons. The van der Waals surface area contributed by atoms with E-state index in [0.29, 0.717) is 22.6 Å². The molecule has 0 bridgehead atoms. The molecule has 0 atom stereocenters. The maximum atomic E-state index is 13.3. The normalized spacial score (nSPS) is 15.5. The number of pyridine rings is 1. The summed E-state index contributed by atoms with van der Waals surface area (Å²) < 4.78 is 54.3. The Labute approximate surface area is 164 Å². The van der Waals surface area contributed by atoms with E-state index in [0.717, 1.165) is 31.5 Å². The third-order valence-corrected chi connectivity index (χ3v) is 5.59. The van der Waals surface area contributed by atoms with Crippen LogP contribution in [0, 0.1) is 11.2 Å². The number of alkyl halides is 3. The number of rotatable bonds is 5. The molecule has 152 valence electrons. The smallest absolute Gasteiger partial charge is 0.350 e. The Balaban J connectivity index is 1.77. The Bertz CT molecular complexity index is 1070. The zero-order valence-corrected chi connectivity index (χ0v) is 15.7. The lowest BCUT2D eigenvalue weighted by Crippen LogP contribution is -2.31. The van der Waals surface area contributed by atoms with E-state index in [1.54, 1.807) is 0 Å². The Morgan fingerprint density at radius 3 is 2.45 bits per heavy atom. The van der Waals surface area contributed by atoms with E-state index in [1.165, 1.54) is 34.7 Å². The molecule has 2 heterocycles. The molecule has 1 saturated carbocycles. The van der Waals surface area contributed by atoms with Gasteiger partial charge in [-0.25, -0.2) is 9.37 Å². The topological polar surface area (TPSA) is 46.4 Å². The molecule has 1 aliphatic rings. The first-order valence-corrected chi connectivity index (χ1v) is 9.36. The van der Waals surface area contributed by atoms with Gasteiger partial charge in [0.1, 0.15) is 11.5 Å². The summed E-state index contributed by atoms with van der Waals surface area (Å²) in [6.45, 7) is 1.97. The zero-order valence-electron chi connectivity index (χ0n) is 15.7. The van der Waals surface area contributed by atoms with Crippen molar-refractivity contribution in [2.45, 2.75) is 38.9 Å². The van der Waals surface area contributed by atoms with Gasteiger partial charge in [0.2, 0.25) is 5.91 Å². The highest BCUT2D eigenvalue weighted by atomic mass is 19.4. The highest BCUT2D eigenvalue weighted by Crippen LogP contribution is 2.48. The molecule has 1 fully saturated rings. The van der Waals surface area contributed by atoms with Crippen molar-refractivity contribution < 1.29 is 22.4 Å². The van der Waals surface area contributed by atoms with Gasteiger partial charge in [-0.2, -0.15) is 13.2 Å². The van der Waals surface area contributed by atoms with Crippen molar-refractivity contribution in [2.24, 2.45) is 5.41 Å². The summed E-state index contributed by atoms with van der Waals surface area (Å²) in [6, 6.07) is 7.81. The van der Waals surface area contributed by atoms with Gasteiger partial charge in [-0.05, 0) is 55.7 Å². The number of carbonyl (C=O) groups is 1. The van der Waals surface area contributed by atoms with Gasteiger partial charge in [-0.3, -0.25) is 4.79 Å². The zero-order chi connectivity index (χ0) is 20.8. The predicted molar refractivity (Wildman–Crippen MR) is 99.4 cm³/mol. The number of amides is 1. The number of fused-ring (bicyclic) bond motifs is 1. The minimum Gasteiger partial charge on any atom is -0.350 e. The summed E-state index contributed by atoms with van der Waals surface area (Å²) in [7, 11) is 0. The number of hydrogen-bond donors (Lipinski definition) is 1. The first-order valence-electron chi connectivity index (χ1n) is 9.36. The summed E-state index contributed by atoms with van der Waals surface area (Å²) in [5.74, 6) is -0.530. The highest BCUT2D eigenvalue weighted by molar-refractivity contribution is 5.85. The summed E-state index contributed by atoms with van der Waals surface area (Å²) in [5.41, 5.74) is 0.521. The Morgan fingerprint density at radius 1 is 1.17 bits per heavy atom. The van der Waals surface area contributed by atoms with Crippen molar-refractivity contribution in [2.75, 3.05) is 0 Å². The van der Waals surface area contributed by atoms with E-state index in [1.807, 2.05) is 6.92 Å². The van der Waals surface area contributed by atoms with Crippen molar-refractivity contribution in [1.29, 1.82) is 0 Å². The van der Waals surface area contributed by atoms with Crippen LogP contribution in [-0.4, -0.2) is 15.3 Å². The number of hydrogen-bond acceptors (Lipinski definition) is 2. The average Bonchev–Trinajstić information content (AvgIpc) is 3.41. The summed E-state index contributed by atoms with van der Waals surface area (Å²) >= 11 is 0. The molecular weight excluding hydrogens is 386 g/mol. The van der Waals surface area contributed by atoms with Crippen LogP contribution in [0.4, 0.5) is 17.6 Å². The fraction of sp³-hybridized carbons (Fsp3) is 0.333. The molecule has 8 heteroatoms. The number of carbonyl (C=O) groups excluding carboxylic acids is 1. The standard InChI is InChI=1S/C21H19F4N3O/c1-2-20(9-10-20)19(29)26-11-16-18(13-3-6-15(22)7-4-13)27-17-8-5-14(12-28(16)17)21(23,24)25/h3-8,12H,2,9-11H2,1H3,(H,26,29). The van der Waals surface area contributed by atoms with Crippen LogP contribution in [0.5, 0.6) is 0 Å². The number of aromatic nitrogens is 2. The third kappa shape index (κ3) is 3.59. The molecule has 1 N–H and O–H groups in total. The molecule has 29 heavy (non-hydrogen) atoms. The fourth-order valence-electron chi connectivity index (χ4n) is 3.51. The van der Waals surface area contributed by atoms with Gasteiger partial charge in [-0.15, -0.1) is 0 Å². The summed E-state index contributed by atoms with van der Waals surface area (Å²) in [6.07, 6.45) is -1.19. The van der Waals surface area contributed by atoms with Crippen LogP contribution in [-0.2, 0) is 17.5 Å². The van der Waals surface area contributed by atoms with E-state index >= 15 is 0 Å². The lowest BCUT2D eigenvalue weighted by Gasteiger charge is -2.14. The molecule has 0 saturated heterocycles. The fourth-order valence-corrected chi connectivity index (χ4v) is 3.51. The van der Waals surface area contributed by atoms with Crippen molar-refractivity contribution in [1.82, 2.24) is 14.7 Å². The second kappa shape index (κ2) is 6.86. The number of nitrogens with one attached hydrogen (secondary N) is 1. The van der Waals surface area contributed by atoms with Crippen LogP contribution in [0.15, 0.2) is 42.6 Å². The van der Waals surface area contributed by atoms with E-state index in [2.05, 4.69) is 10.3 Å². The predicted octanol–water partition coefficient (Wildman–Crippen LogP) is 4.97. The Kier molecular flexibility index (Phi) is 4.59. The second-order valence-electron chi connectivity index (χ2n) is 7.37. The molecule has 0 unspecified atom stereocenters.